The van der Waals surface area contributed by atoms with Crippen LogP contribution in [0.1, 0.15) is 36.1 Å². The summed E-state index contributed by atoms with van der Waals surface area (Å²) in [5.74, 6) is 0. The predicted octanol–water partition coefficient (Wildman–Crippen LogP) is 2.23. The van der Waals surface area contributed by atoms with Gasteiger partial charge in [0.1, 0.15) is 0 Å². The molecule has 0 fully saturated rings. The molecule has 1 aliphatic rings. The molecule has 1 atom stereocenters. The molecular formula is C11H14O. The largest absolute Gasteiger partial charge is 0.389 e. The second kappa shape index (κ2) is 2.91. The van der Waals surface area contributed by atoms with E-state index in [0.717, 1.165) is 5.56 Å². The summed E-state index contributed by atoms with van der Waals surface area (Å²) in [5, 5.41) is 9.35. The Morgan fingerprint density at radius 1 is 1.25 bits per heavy atom. The third-order valence-electron chi connectivity index (χ3n) is 2.60. The van der Waals surface area contributed by atoms with Gasteiger partial charge in [0.05, 0.1) is 6.10 Å². The molecule has 0 bridgehead atoms. The zero-order valence-electron chi connectivity index (χ0n) is 7.38. The van der Waals surface area contributed by atoms with Crippen LogP contribution in [0.25, 0.3) is 0 Å². The van der Waals surface area contributed by atoms with E-state index in [1.807, 2.05) is 13.0 Å². The maximum atomic E-state index is 9.35. The summed E-state index contributed by atoms with van der Waals surface area (Å²) in [7, 11) is 0. The molecule has 64 valence electrons. The zero-order valence-corrected chi connectivity index (χ0v) is 7.38. The fourth-order valence-corrected chi connectivity index (χ4v) is 1.85. The quantitative estimate of drug-likeness (QED) is 0.671. The Morgan fingerprint density at radius 2 is 2.00 bits per heavy atom. The topological polar surface area (TPSA) is 20.2 Å². The van der Waals surface area contributed by atoms with Gasteiger partial charge in [-0.3, -0.25) is 0 Å². The molecule has 0 amide bonds. The van der Waals surface area contributed by atoms with Crippen molar-refractivity contribution in [2.75, 3.05) is 0 Å². The van der Waals surface area contributed by atoms with Gasteiger partial charge in [-0.1, -0.05) is 18.2 Å². The molecule has 0 radical (unpaired) electrons. The van der Waals surface area contributed by atoms with E-state index in [9.17, 15) is 5.11 Å². The highest BCUT2D eigenvalue weighted by molar-refractivity contribution is 5.35. The number of benzene rings is 1. The minimum Gasteiger partial charge on any atom is -0.389 e. The van der Waals surface area contributed by atoms with Gasteiger partial charge < -0.3 is 5.11 Å². The first kappa shape index (κ1) is 7.81. The molecule has 1 heteroatoms. The van der Waals surface area contributed by atoms with Gasteiger partial charge >= 0.3 is 0 Å². The number of hydrogen-bond donors (Lipinski definition) is 1. The monoisotopic (exact) mass is 162 g/mol. The van der Waals surface area contributed by atoms with Crippen LogP contribution < -0.4 is 0 Å². The standard InChI is InChI=1S/C11H14O/c1-8(12)10-6-5-9-3-2-4-11(9)7-10/h5-8,12H,2-4H2,1H3/t8-/m1/s1. The average Bonchev–Trinajstić information content (AvgIpc) is 2.49. The summed E-state index contributed by atoms with van der Waals surface area (Å²) in [6.45, 7) is 1.82. The van der Waals surface area contributed by atoms with E-state index in [0.29, 0.717) is 0 Å². The van der Waals surface area contributed by atoms with E-state index in [4.69, 9.17) is 0 Å². The molecule has 0 unspecified atom stereocenters. The number of aliphatic hydroxyl groups is 1. The number of rotatable bonds is 1. The summed E-state index contributed by atoms with van der Waals surface area (Å²) in [5.41, 5.74) is 3.96. The van der Waals surface area contributed by atoms with Gasteiger partial charge in [-0.15, -0.1) is 0 Å². The van der Waals surface area contributed by atoms with Gasteiger partial charge in [0.25, 0.3) is 0 Å². The number of hydrogen-bond acceptors (Lipinski definition) is 1. The maximum absolute atomic E-state index is 9.35. The number of aryl methyl sites for hydroxylation is 2. The third-order valence-corrected chi connectivity index (χ3v) is 2.60. The van der Waals surface area contributed by atoms with Crippen LogP contribution >= 0.6 is 0 Å². The number of fused-ring (bicyclic) bond motifs is 1. The van der Waals surface area contributed by atoms with Crippen molar-refractivity contribution in [3.05, 3.63) is 34.9 Å². The van der Waals surface area contributed by atoms with Crippen LogP contribution in [-0.2, 0) is 12.8 Å². The highest BCUT2D eigenvalue weighted by Gasteiger charge is 2.11. The van der Waals surface area contributed by atoms with Crippen LogP contribution in [0.4, 0.5) is 0 Å². The van der Waals surface area contributed by atoms with E-state index in [2.05, 4.69) is 12.1 Å². The molecule has 1 aliphatic carbocycles. The lowest BCUT2D eigenvalue weighted by molar-refractivity contribution is 0.199. The number of aliphatic hydroxyl groups excluding tert-OH is 1. The molecule has 1 N–H and O–H groups in total. The van der Waals surface area contributed by atoms with Crippen LogP contribution in [0.3, 0.4) is 0 Å². The van der Waals surface area contributed by atoms with Crippen LogP contribution in [0.2, 0.25) is 0 Å². The maximum Gasteiger partial charge on any atom is 0.0762 e. The molecule has 1 aromatic rings. The van der Waals surface area contributed by atoms with Crippen molar-refractivity contribution in [1.82, 2.24) is 0 Å². The molecule has 0 aromatic heterocycles. The van der Waals surface area contributed by atoms with Crippen molar-refractivity contribution in [3.63, 3.8) is 0 Å². The van der Waals surface area contributed by atoms with Crippen molar-refractivity contribution in [1.29, 1.82) is 0 Å². The summed E-state index contributed by atoms with van der Waals surface area (Å²) in [6.07, 6.45) is 3.36. The molecule has 12 heavy (non-hydrogen) atoms. The van der Waals surface area contributed by atoms with Crippen molar-refractivity contribution in [2.45, 2.75) is 32.3 Å². The minimum absolute atomic E-state index is 0.323. The van der Waals surface area contributed by atoms with E-state index >= 15 is 0 Å². The summed E-state index contributed by atoms with van der Waals surface area (Å²) >= 11 is 0. The lowest BCUT2D eigenvalue weighted by Crippen LogP contribution is -1.92. The van der Waals surface area contributed by atoms with Gasteiger partial charge in [-0.05, 0) is 42.9 Å². The van der Waals surface area contributed by atoms with Gasteiger partial charge in [0.15, 0.2) is 0 Å². The Hall–Kier alpha value is -0.820. The van der Waals surface area contributed by atoms with Gasteiger partial charge in [0, 0.05) is 0 Å². The van der Waals surface area contributed by atoms with E-state index in [1.54, 1.807) is 0 Å². The first-order chi connectivity index (χ1) is 5.77. The van der Waals surface area contributed by atoms with Crippen molar-refractivity contribution < 1.29 is 5.11 Å². The lowest BCUT2D eigenvalue weighted by Gasteiger charge is -2.06. The molecule has 2 rings (SSSR count). The Labute approximate surface area is 73.0 Å². The molecule has 1 aromatic carbocycles. The summed E-state index contributed by atoms with van der Waals surface area (Å²) in [4.78, 5) is 0. The minimum atomic E-state index is -0.323. The highest BCUT2D eigenvalue weighted by Crippen LogP contribution is 2.24. The third kappa shape index (κ3) is 1.25. The summed E-state index contributed by atoms with van der Waals surface area (Å²) in [6, 6.07) is 6.34. The normalized spacial score (nSPS) is 17.5. The smallest absolute Gasteiger partial charge is 0.0762 e. The van der Waals surface area contributed by atoms with Crippen LogP contribution in [0.5, 0.6) is 0 Å². The molecular weight excluding hydrogens is 148 g/mol. The zero-order chi connectivity index (χ0) is 8.55. The second-order valence-electron chi connectivity index (χ2n) is 3.56. The predicted molar refractivity (Wildman–Crippen MR) is 49.1 cm³/mol. The fraction of sp³-hybridized carbons (Fsp3) is 0.455. The van der Waals surface area contributed by atoms with Crippen LogP contribution in [0, 0.1) is 0 Å². The Balaban J connectivity index is 2.39. The molecule has 0 saturated heterocycles. The first-order valence-corrected chi connectivity index (χ1v) is 4.57. The van der Waals surface area contributed by atoms with E-state index in [-0.39, 0.29) is 6.10 Å². The molecule has 0 heterocycles. The molecule has 0 aliphatic heterocycles. The van der Waals surface area contributed by atoms with Gasteiger partial charge in [0.2, 0.25) is 0 Å². The molecule has 0 spiro atoms. The summed E-state index contributed by atoms with van der Waals surface area (Å²) < 4.78 is 0. The Morgan fingerprint density at radius 3 is 2.75 bits per heavy atom. The Bertz CT molecular complexity index is 289. The van der Waals surface area contributed by atoms with Crippen molar-refractivity contribution >= 4 is 0 Å². The first-order valence-electron chi connectivity index (χ1n) is 4.57. The Kier molecular flexibility index (Phi) is 1.89. The SMILES string of the molecule is C[C@@H](O)c1ccc2c(c1)CCC2. The van der Waals surface area contributed by atoms with Gasteiger partial charge in [-0.25, -0.2) is 0 Å². The van der Waals surface area contributed by atoms with Crippen molar-refractivity contribution in [2.24, 2.45) is 0 Å². The highest BCUT2D eigenvalue weighted by atomic mass is 16.3. The van der Waals surface area contributed by atoms with Crippen LogP contribution in [0.15, 0.2) is 18.2 Å². The van der Waals surface area contributed by atoms with E-state index in [1.165, 1.54) is 30.4 Å². The second-order valence-corrected chi connectivity index (χ2v) is 3.56. The lowest BCUT2D eigenvalue weighted by atomic mass is 10.0. The molecule has 0 saturated carbocycles. The fourth-order valence-electron chi connectivity index (χ4n) is 1.85. The average molecular weight is 162 g/mol. The molecule has 1 nitrogen and oxygen atoms in total. The van der Waals surface area contributed by atoms with Crippen molar-refractivity contribution in [3.8, 4) is 0 Å². The van der Waals surface area contributed by atoms with E-state index < -0.39 is 0 Å². The van der Waals surface area contributed by atoms with Crippen LogP contribution in [-0.4, -0.2) is 5.11 Å². The van der Waals surface area contributed by atoms with Gasteiger partial charge in [-0.2, -0.15) is 0 Å².